The van der Waals surface area contributed by atoms with Crippen LogP contribution in [-0.2, 0) is 32.2 Å². The van der Waals surface area contributed by atoms with Gasteiger partial charge in [0.15, 0.2) is 0 Å². The molecule has 0 saturated heterocycles. The predicted octanol–water partition coefficient (Wildman–Crippen LogP) is 4.72. The van der Waals surface area contributed by atoms with Crippen LogP contribution in [0.15, 0.2) is 72.4 Å². The van der Waals surface area contributed by atoms with Gasteiger partial charge in [-0.25, -0.2) is 9.59 Å². The molecule has 0 aromatic heterocycles. The van der Waals surface area contributed by atoms with E-state index in [2.05, 4.69) is 10.1 Å². The van der Waals surface area contributed by atoms with Crippen molar-refractivity contribution in [2.75, 3.05) is 7.11 Å². The van der Waals surface area contributed by atoms with Gasteiger partial charge in [-0.05, 0) is 30.4 Å². The number of carbonyl (C=O) groups excluding carboxylic acids is 3. The number of carbonyl (C=O) groups is 3. The third-order valence-corrected chi connectivity index (χ3v) is 6.04. The van der Waals surface area contributed by atoms with Gasteiger partial charge in [-0.2, -0.15) is 0 Å². The Kier molecular flexibility index (Phi) is 8.96. The van der Waals surface area contributed by atoms with Crippen LogP contribution in [0, 0.1) is 0 Å². The van der Waals surface area contributed by atoms with Crippen LogP contribution in [0.5, 0.6) is 0 Å². The molecule has 1 aliphatic carbocycles. The maximum Gasteiger partial charge on any atom is 0.407 e. The lowest BCUT2D eigenvalue weighted by Crippen LogP contribution is -2.47. The molecular weight excluding hydrogens is 479 g/mol. The number of ether oxygens (including phenoxy) is 2. The fraction of sp³-hybridized carbons (Fsp3) is 0.320. The molecule has 0 heterocycles. The van der Waals surface area contributed by atoms with Gasteiger partial charge in [0.25, 0.3) is 10.2 Å². The number of methoxy groups -OCH3 is 1. The lowest BCUT2D eigenvalue weighted by molar-refractivity contribution is -0.147. The second-order valence-electron chi connectivity index (χ2n) is 7.82. The van der Waals surface area contributed by atoms with E-state index in [-0.39, 0.29) is 19.2 Å². The van der Waals surface area contributed by atoms with Gasteiger partial charge < -0.3 is 19.7 Å². The third kappa shape index (κ3) is 6.74. The first kappa shape index (κ1) is 25.6. The molecule has 2 aromatic rings. The van der Waals surface area contributed by atoms with Crippen molar-refractivity contribution in [2.24, 2.45) is 0 Å². The summed E-state index contributed by atoms with van der Waals surface area (Å²) in [6.45, 7) is 0.363. The van der Waals surface area contributed by atoms with Gasteiger partial charge in [0.05, 0.1) is 13.7 Å². The summed E-state index contributed by atoms with van der Waals surface area (Å²) < 4.78 is 7.52. The van der Waals surface area contributed by atoms with Gasteiger partial charge in [-0.3, -0.25) is 4.79 Å². The van der Waals surface area contributed by atoms with Crippen LogP contribution in [-0.4, -0.2) is 40.4 Å². The fourth-order valence-corrected chi connectivity index (χ4v) is 3.94. The van der Waals surface area contributed by atoms with Crippen LogP contribution in [0.2, 0.25) is 0 Å². The number of alkyl halides is 2. The lowest BCUT2D eigenvalue weighted by Gasteiger charge is -2.33. The van der Waals surface area contributed by atoms with Crippen LogP contribution in [0.3, 0.4) is 0 Å². The Bertz CT molecular complexity index is 1030. The first-order valence-corrected chi connectivity index (χ1v) is 11.5. The van der Waals surface area contributed by atoms with E-state index in [1.807, 2.05) is 66.7 Å². The first-order valence-electron chi connectivity index (χ1n) is 10.8. The molecule has 9 heteroatoms. The topological polar surface area (TPSA) is 84.9 Å². The number of nitrogens with zero attached hydrogens (tertiary/aromatic N) is 1. The Labute approximate surface area is 208 Å². The molecule has 0 radical (unpaired) electrons. The number of esters is 1. The summed E-state index contributed by atoms with van der Waals surface area (Å²) in [6, 6.07) is 18.5. The first-order chi connectivity index (χ1) is 16.3. The Hall–Kier alpha value is -3.03. The quantitative estimate of drug-likeness (QED) is 0.319. The molecule has 0 aliphatic heterocycles. The highest BCUT2D eigenvalue weighted by Gasteiger charge is 2.47. The van der Waals surface area contributed by atoms with Crippen molar-refractivity contribution in [1.29, 1.82) is 0 Å². The molecule has 7 nitrogen and oxygen atoms in total. The summed E-state index contributed by atoms with van der Waals surface area (Å²) in [5.41, 5.74) is 2.41. The zero-order valence-electron chi connectivity index (χ0n) is 18.7. The van der Waals surface area contributed by atoms with Crippen LogP contribution < -0.4 is 5.32 Å². The molecule has 0 fully saturated rings. The molecule has 1 atom stereocenters. The summed E-state index contributed by atoms with van der Waals surface area (Å²) in [5, 5.41) is 2.85. The molecule has 2 aromatic carbocycles. The molecule has 3 rings (SSSR count). The van der Waals surface area contributed by atoms with Gasteiger partial charge in [-0.15, -0.1) is 0 Å². The van der Waals surface area contributed by atoms with Crippen molar-refractivity contribution >= 4 is 41.2 Å². The fourth-order valence-electron chi connectivity index (χ4n) is 3.58. The minimum absolute atomic E-state index is 0.155. The van der Waals surface area contributed by atoms with Crippen molar-refractivity contribution in [3.8, 4) is 0 Å². The van der Waals surface area contributed by atoms with E-state index < -0.39 is 22.3 Å². The van der Waals surface area contributed by atoms with Crippen LogP contribution in [0.4, 0.5) is 4.79 Å². The molecule has 1 N–H and O–H groups in total. The standard InChI is InChI=1S/C25H26Cl2N2O5/c1-33-23(31)25(26,27)22(30)29(16-18-8-4-2-5-9-18)21-14-12-20(13-15-21)28-24(32)34-17-19-10-6-3-7-11-19/h2-11,14,20H,12-13,15-17H2,1H3,(H,28,32). The number of benzene rings is 2. The van der Waals surface area contributed by atoms with Crippen molar-refractivity contribution in [3.63, 3.8) is 0 Å². The number of allylic oxidation sites excluding steroid dienone is 1. The smallest absolute Gasteiger partial charge is 0.407 e. The Morgan fingerprint density at radius 1 is 1.03 bits per heavy atom. The SMILES string of the molecule is COC(=O)C(Cl)(Cl)C(=O)N(Cc1ccccc1)C1=CCC(NC(=O)OCc2ccccc2)CC1. The summed E-state index contributed by atoms with van der Waals surface area (Å²) in [5.74, 6) is -1.83. The highest BCUT2D eigenvalue weighted by Crippen LogP contribution is 2.31. The maximum atomic E-state index is 13.2. The molecule has 0 saturated carbocycles. The summed E-state index contributed by atoms with van der Waals surface area (Å²) in [4.78, 5) is 38.8. The average Bonchev–Trinajstić information content (AvgIpc) is 2.87. The lowest BCUT2D eigenvalue weighted by atomic mass is 9.98. The summed E-state index contributed by atoms with van der Waals surface area (Å²) in [6.07, 6.45) is 2.85. The molecule has 180 valence electrons. The van der Waals surface area contributed by atoms with Crippen molar-refractivity contribution in [1.82, 2.24) is 10.2 Å². The maximum absolute atomic E-state index is 13.2. The number of amides is 2. The largest absolute Gasteiger partial charge is 0.466 e. The van der Waals surface area contributed by atoms with E-state index in [0.717, 1.165) is 18.2 Å². The highest BCUT2D eigenvalue weighted by molar-refractivity contribution is 6.67. The zero-order chi connectivity index (χ0) is 24.6. The van der Waals surface area contributed by atoms with Crippen molar-refractivity contribution in [2.45, 2.75) is 42.8 Å². The van der Waals surface area contributed by atoms with Crippen LogP contribution >= 0.6 is 23.2 Å². The molecule has 0 spiro atoms. The summed E-state index contributed by atoms with van der Waals surface area (Å²) >= 11 is 12.2. The normalized spacial score (nSPS) is 15.6. The van der Waals surface area contributed by atoms with Crippen molar-refractivity contribution < 1.29 is 23.9 Å². The minimum atomic E-state index is -2.37. The van der Waals surface area contributed by atoms with E-state index >= 15 is 0 Å². The summed E-state index contributed by atoms with van der Waals surface area (Å²) in [7, 11) is 1.11. The van der Waals surface area contributed by atoms with Crippen molar-refractivity contribution in [3.05, 3.63) is 83.6 Å². The van der Waals surface area contributed by atoms with E-state index in [1.165, 1.54) is 4.90 Å². The van der Waals surface area contributed by atoms with Crippen LogP contribution in [0.25, 0.3) is 0 Å². The minimum Gasteiger partial charge on any atom is -0.466 e. The van der Waals surface area contributed by atoms with Gasteiger partial charge in [-0.1, -0.05) is 89.9 Å². The van der Waals surface area contributed by atoms with E-state index in [1.54, 1.807) is 0 Å². The number of rotatable bonds is 8. The Balaban J connectivity index is 1.66. The molecule has 1 unspecified atom stereocenters. The van der Waals surface area contributed by atoms with Gasteiger partial charge in [0.2, 0.25) is 0 Å². The van der Waals surface area contributed by atoms with Crippen LogP contribution in [0.1, 0.15) is 30.4 Å². The van der Waals surface area contributed by atoms with Gasteiger partial charge >= 0.3 is 12.1 Å². The Morgan fingerprint density at radius 3 is 2.21 bits per heavy atom. The van der Waals surface area contributed by atoms with E-state index in [4.69, 9.17) is 27.9 Å². The number of nitrogens with one attached hydrogen (secondary N) is 1. The third-order valence-electron chi connectivity index (χ3n) is 5.41. The van der Waals surface area contributed by atoms with Gasteiger partial charge in [0.1, 0.15) is 6.61 Å². The van der Waals surface area contributed by atoms with E-state index in [0.29, 0.717) is 25.0 Å². The second-order valence-corrected chi connectivity index (χ2v) is 9.14. The number of hydrogen-bond donors (Lipinski definition) is 1. The predicted molar refractivity (Wildman–Crippen MR) is 129 cm³/mol. The number of hydrogen-bond acceptors (Lipinski definition) is 5. The Morgan fingerprint density at radius 2 is 1.65 bits per heavy atom. The molecular formula is C25H26Cl2N2O5. The zero-order valence-corrected chi connectivity index (χ0v) is 20.2. The van der Waals surface area contributed by atoms with E-state index in [9.17, 15) is 14.4 Å². The monoisotopic (exact) mass is 504 g/mol. The highest BCUT2D eigenvalue weighted by atomic mass is 35.5. The molecule has 2 amide bonds. The number of alkyl carbamates (subject to hydrolysis) is 1. The molecule has 0 bridgehead atoms. The molecule has 34 heavy (non-hydrogen) atoms. The second kappa shape index (κ2) is 11.9. The molecule has 1 aliphatic rings. The number of halogens is 2. The average molecular weight is 505 g/mol. The van der Waals surface area contributed by atoms with Gasteiger partial charge in [0, 0.05) is 11.7 Å².